The van der Waals surface area contributed by atoms with E-state index in [-0.39, 0.29) is 18.4 Å². The van der Waals surface area contributed by atoms with Crippen molar-refractivity contribution in [3.63, 3.8) is 0 Å². The summed E-state index contributed by atoms with van der Waals surface area (Å²) in [5, 5.41) is 9.34. The van der Waals surface area contributed by atoms with Gasteiger partial charge in [0.1, 0.15) is 0 Å². The van der Waals surface area contributed by atoms with Crippen molar-refractivity contribution in [3.05, 3.63) is 71.8 Å². The molecule has 0 bridgehead atoms. The molecular weight excluding hydrogens is 262 g/mol. The van der Waals surface area contributed by atoms with Gasteiger partial charge in [0.2, 0.25) is 0 Å². The largest absolute Gasteiger partial charge is 0.395 e. The van der Waals surface area contributed by atoms with Gasteiger partial charge in [-0.2, -0.15) is 0 Å². The Bertz CT molecular complexity index is 554. The first-order valence-electron chi connectivity index (χ1n) is 7.16. The molecule has 3 heteroatoms. The zero-order valence-corrected chi connectivity index (χ0v) is 12.3. The molecule has 1 N–H and O–H groups in total. The second-order valence-electron chi connectivity index (χ2n) is 5.10. The molecule has 0 aliphatic heterocycles. The Labute approximate surface area is 125 Å². The number of benzene rings is 2. The molecule has 0 spiro atoms. The van der Waals surface area contributed by atoms with Crippen LogP contribution in [0.3, 0.4) is 0 Å². The van der Waals surface area contributed by atoms with Crippen LogP contribution in [0.5, 0.6) is 0 Å². The van der Waals surface area contributed by atoms with Crippen molar-refractivity contribution < 1.29 is 9.90 Å². The predicted molar refractivity (Wildman–Crippen MR) is 83.8 cm³/mol. The maximum Gasteiger partial charge on any atom is 0.151 e. The van der Waals surface area contributed by atoms with Gasteiger partial charge >= 0.3 is 0 Å². The van der Waals surface area contributed by atoms with Gasteiger partial charge in [0, 0.05) is 13.1 Å². The second kappa shape index (κ2) is 7.72. The summed E-state index contributed by atoms with van der Waals surface area (Å²) in [7, 11) is 0. The van der Waals surface area contributed by atoms with Crippen molar-refractivity contribution in [2.24, 2.45) is 0 Å². The molecule has 2 aromatic rings. The van der Waals surface area contributed by atoms with Crippen molar-refractivity contribution in [3.8, 4) is 0 Å². The van der Waals surface area contributed by atoms with Gasteiger partial charge < -0.3 is 5.11 Å². The fourth-order valence-corrected chi connectivity index (χ4v) is 2.58. The molecule has 0 aromatic heterocycles. The number of hydrogen-bond acceptors (Lipinski definition) is 3. The summed E-state index contributed by atoms with van der Waals surface area (Å²) < 4.78 is 0. The Kier molecular flexibility index (Phi) is 5.67. The monoisotopic (exact) mass is 283 g/mol. The highest BCUT2D eigenvalue weighted by molar-refractivity contribution is 5.82. The Hall–Kier alpha value is -1.97. The number of aliphatic hydroxyl groups is 1. The highest BCUT2D eigenvalue weighted by Crippen LogP contribution is 2.23. The molecule has 2 rings (SSSR count). The van der Waals surface area contributed by atoms with Crippen molar-refractivity contribution in [1.82, 2.24) is 4.90 Å². The summed E-state index contributed by atoms with van der Waals surface area (Å²) in [6.45, 7) is 2.74. The molecule has 3 nitrogen and oxygen atoms in total. The van der Waals surface area contributed by atoms with Gasteiger partial charge in [-0.25, -0.2) is 0 Å². The summed E-state index contributed by atoms with van der Waals surface area (Å²) in [6.07, 6.45) is 0. The van der Waals surface area contributed by atoms with E-state index >= 15 is 0 Å². The lowest BCUT2D eigenvalue weighted by atomic mass is 10.0. The predicted octanol–water partition coefficient (Wildman–Crippen LogP) is 2.81. The molecule has 0 fully saturated rings. The van der Waals surface area contributed by atoms with Gasteiger partial charge in [0.25, 0.3) is 0 Å². The lowest BCUT2D eigenvalue weighted by Crippen LogP contribution is -2.35. The molecule has 0 saturated heterocycles. The SMILES string of the molecule is CC(=O)C(c1ccccc1)N(CCO)Cc1ccccc1. The van der Waals surface area contributed by atoms with Gasteiger partial charge in [-0.15, -0.1) is 0 Å². The molecule has 1 unspecified atom stereocenters. The molecule has 2 aromatic carbocycles. The minimum atomic E-state index is -0.321. The van der Waals surface area contributed by atoms with Gasteiger partial charge in [0.05, 0.1) is 12.6 Å². The topological polar surface area (TPSA) is 40.5 Å². The lowest BCUT2D eigenvalue weighted by molar-refractivity contribution is -0.122. The molecule has 21 heavy (non-hydrogen) atoms. The molecule has 1 atom stereocenters. The fraction of sp³-hybridized carbons (Fsp3) is 0.278. The quantitative estimate of drug-likeness (QED) is 0.849. The molecule has 0 radical (unpaired) electrons. The third-order valence-corrected chi connectivity index (χ3v) is 3.48. The Balaban J connectivity index is 2.27. The summed E-state index contributed by atoms with van der Waals surface area (Å²) in [4.78, 5) is 14.1. The van der Waals surface area contributed by atoms with Gasteiger partial charge in [-0.1, -0.05) is 60.7 Å². The van der Waals surface area contributed by atoms with Crippen LogP contribution in [0, 0.1) is 0 Å². The molecule has 0 aliphatic carbocycles. The van der Waals surface area contributed by atoms with E-state index in [4.69, 9.17) is 0 Å². The minimum Gasteiger partial charge on any atom is -0.395 e. The van der Waals surface area contributed by atoms with Crippen molar-refractivity contribution in [2.45, 2.75) is 19.5 Å². The molecule has 0 aliphatic rings. The van der Waals surface area contributed by atoms with Crippen LogP contribution in [0.4, 0.5) is 0 Å². The highest BCUT2D eigenvalue weighted by Gasteiger charge is 2.24. The molecule has 110 valence electrons. The van der Waals surface area contributed by atoms with E-state index in [1.165, 1.54) is 0 Å². The number of carbonyl (C=O) groups is 1. The molecule has 0 heterocycles. The number of hydrogen-bond donors (Lipinski definition) is 1. The second-order valence-corrected chi connectivity index (χ2v) is 5.10. The van der Waals surface area contributed by atoms with Crippen LogP contribution >= 0.6 is 0 Å². The van der Waals surface area contributed by atoms with Crippen molar-refractivity contribution in [2.75, 3.05) is 13.2 Å². The van der Waals surface area contributed by atoms with Gasteiger partial charge in [0.15, 0.2) is 5.78 Å². The minimum absolute atomic E-state index is 0.0312. The van der Waals surface area contributed by atoms with Crippen molar-refractivity contribution >= 4 is 5.78 Å². The van der Waals surface area contributed by atoms with Gasteiger partial charge in [-0.3, -0.25) is 9.69 Å². The first-order chi connectivity index (χ1) is 10.2. The normalized spacial score (nSPS) is 12.3. The maximum absolute atomic E-state index is 12.1. The summed E-state index contributed by atoms with van der Waals surface area (Å²) in [5.74, 6) is 0.0885. The van der Waals surface area contributed by atoms with Crippen LogP contribution in [-0.2, 0) is 11.3 Å². The third-order valence-electron chi connectivity index (χ3n) is 3.48. The highest BCUT2D eigenvalue weighted by atomic mass is 16.3. The Morgan fingerprint density at radius 2 is 1.62 bits per heavy atom. The molecular formula is C18H21NO2. The van der Waals surface area contributed by atoms with E-state index in [0.717, 1.165) is 11.1 Å². The zero-order chi connectivity index (χ0) is 15.1. The Morgan fingerprint density at radius 3 is 2.14 bits per heavy atom. The number of aliphatic hydroxyl groups excluding tert-OH is 1. The van der Waals surface area contributed by atoms with E-state index < -0.39 is 0 Å². The van der Waals surface area contributed by atoms with Crippen LogP contribution in [0.25, 0.3) is 0 Å². The van der Waals surface area contributed by atoms with Crippen LogP contribution in [0.15, 0.2) is 60.7 Å². The van der Waals surface area contributed by atoms with Crippen molar-refractivity contribution in [1.29, 1.82) is 0 Å². The van der Waals surface area contributed by atoms with E-state index in [9.17, 15) is 9.90 Å². The first kappa shape index (κ1) is 15.4. The summed E-state index contributed by atoms with van der Waals surface area (Å²) >= 11 is 0. The Morgan fingerprint density at radius 1 is 1.05 bits per heavy atom. The van der Waals surface area contributed by atoms with Crippen LogP contribution in [0.1, 0.15) is 24.1 Å². The average Bonchev–Trinajstić information content (AvgIpc) is 2.49. The van der Waals surface area contributed by atoms with E-state index in [1.54, 1.807) is 6.92 Å². The number of Topliss-reactive ketones (excluding diaryl/α,β-unsaturated/α-hetero) is 1. The number of rotatable bonds is 7. The number of nitrogens with zero attached hydrogens (tertiary/aromatic N) is 1. The third kappa shape index (κ3) is 4.25. The van der Waals surface area contributed by atoms with E-state index in [1.807, 2.05) is 65.6 Å². The smallest absolute Gasteiger partial charge is 0.151 e. The standard InChI is InChI=1S/C18H21NO2/c1-15(21)18(17-10-6-3-7-11-17)19(12-13-20)14-16-8-4-2-5-9-16/h2-11,18,20H,12-14H2,1H3. The van der Waals surface area contributed by atoms with Gasteiger partial charge in [-0.05, 0) is 18.1 Å². The number of ketones is 1. The van der Waals surface area contributed by atoms with Crippen LogP contribution < -0.4 is 0 Å². The summed E-state index contributed by atoms with van der Waals surface area (Å²) in [5.41, 5.74) is 2.10. The molecule has 0 amide bonds. The summed E-state index contributed by atoms with van der Waals surface area (Å²) in [6, 6.07) is 19.4. The first-order valence-corrected chi connectivity index (χ1v) is 7.16. The number of carbonyl (C=O) groups excluding carboxylic acids is 1. The fourth-order valence-electron chi connectivity index (χ4n) is 2.58. The van der Waals surface area contributed by atoms with Crippen LogP contribution in [-0.4, -0.2) is 28.9 Å². The van der Waals surface area contributed by atoms with E-state index in [2.05, 4.69) is 0 Å². The maximum atomic E-state index is 12.1. The average molecular weight is 283 g/mol. The molecule has 0 saturated carbocycles. The zero-order valence-electron chi connectivity index (χ0n) is 12.3. The van der Waals surface area contributed by atoms with Crippen LogP contribution in [0.2, 0.25) is 0 Å². The lowest BCUT2D eigenvalue weighted by Gasteiger charge is -2.30. The van der Waals surface area contributed by atoms with E-state index in [0.29, 0.717) is 13.1 Å².